The quantitative estimate of drug-likeness (QED) is 0.774. The summed E-state index contributed by atoms with van der Waals surface area (Å²) in [6.07, 6.45) is 1.67. The molecule has 5 nitrogen and oxygen atoms in total. The van der Waals surface area contributed by atoms with Crippen LogP contribution in [0.5, 0.6) is 5.75 Å². The van der Waals surface area contributed by atoms with Gasteiger partial charge >= 0.3 is 0 Å². The molecule has 0 spiro atoms. The van der Waals surface area contributed by atoms with Crippen molar-refractivity contribution in [3.05, 3.63) is 47.9 Å². The normalized spacial score (nSPS) is 18.3. The number of hydrogen-bond acceptors (Lipinski definition) is 5. The van der Waals surface area contributed by atoms with E-state index in [-0.39, 0.29) is 6.10 Å². The van der Waals surface area contributed by atoms with E-state index >= 15 is 0 Å². The molecule has 0 bridgehead atoms. The Balaban J connectivity index is 1.68. The van der Waals surface area contributed by atoms with E-state index in [9.17, 15) is 5.11 Å². The lowest BCUT2D eigenvalue weighted by molar-refractivity contribution is 0.0660. The van der Waals surface area contributed by atoms with Gasteiger partial charge in [0.25, 0.3) is 0 Å². The third-order valence-corrected chi connectivity index (χ3v) is 5.08. The number of aryl methyl sites for hydroxylation is 1. The summed E-state index contributed by atoms with van der Waals surface area (Å²) in [5.74, 6) is 2.31. The summed E-state index contributed by atoms with van der Waals surface area (Å²) >= 11 is 0. The highest BCUT2D eigenvalue weighted by Crippen LogP contribution is 2.34. The Labute approximate surface area is 153 Å². The first-order valence-corrected chi connectivity index (χ1v) is 9.08. The molecule has 26 heavy (non-hydrogen) atoms. The van der Waals surface area contributed by atoms with Crippen LogP contribution in [0.15, 0.2) is 40.8 Å². The van der Waals surface area contributed by atoms with E-state index in [1.807, 2.05) is 37.3 Å². The van der Waals surface area contributed by atoms with Crippen LogP contribution in [0.1, 0.15) is 24.3 Å². The number of likely N-dealkylation sites (tertiary alicyclic amines) is 1. The SMILES string of the molecule is COc1ccc(-c2nc(CN3CCCC(O)C3)c(C)o2)c2ccccc12. The molecule has 2 aromatic carbocycles. The van der Waals surface area contributed by atoms with Crippen molar-refractivity contribution in [1.29, 1.82) is 0 Å². The molecule has 5 heteroatoms. The molecule has 1 unspecified atom stereocenters. The average molecular weight is 352 g/mol. The van der Waals surface area contributed by atoms with Crippen LogP contribution in [-0.4, -0.2) is 41.3 Å². The zero-order valence-corrected chi connectivity index (χ0v) is 15.2. The molecule has 1 aliphatic rings. The molecule has 1 aliphatic heterocycles. The monoisotopic (exact) mass is 352 g/mol. The fourth-order valence-electron chi connectivity index (χ4n) is 3.71. The van der Waals surface area contributed by atoms with Crippen molar-refractivity contribution >= 4 is 10.8 Å². The van der Waals surface area contributed by atoms with Gasteiger partial charge in [-0.3, -0.25) is 4.90 Å². The number of aromatic nitrogens is 1. The van der Waals surface area contributed by atoms with Gasteiger partial charge in [0, 0.05) is 24.0 Å². The van der Waals surface area contributed by atoms with E-state index in [1.54, 1.807) is 7.11 Å². The molecule has 1 atom stereocenters. The highest BCUT2D eigenvalue weighted by atomic mass is 16.5. The predicted octanol–water partition coefficient (Wildman–Crippen LogP) is 3.77. The maximum Gasteiger partial charge on any atom is 0.227 e. The van der Waals surface area contributed by atoms with E-state index in [1.165, 1.54) is 0 Å². The maximum atomic E-state index is 9.88. The summed E-state index contributed by atoms with van der Waals surface area (Å²) in [6.45, 7) is 4.36. The lowest BCUT2D eigenvalue weighted by atomic mass is 10.0. The first-order chi connectivity index (χ1) is 12.7. The van der Waals surface area contributed by atoms with Crippen molar-refractivity contribution in [1.82, 2.24) is 9.88 Å². The molecule has 1 aromatic heterocycles. The van der Waals surface area contributed by atoms with Gasteiger partial charge in [0.15, 0.2) is 0 Å². The fourth-order valence-corrected chi connectivity index (χ4v) is 3.71. The second-order valence-corrected chi connectivity index (χ2v) is 6.91. The minimum atomic E-state index is -0.235. The molecule has 0 saturated carbocycles. The van der Waals surface area contributed by atoms with Gasteiger partial charge in [0.05, 0.1) is 18.9 Å². The molecular formula is C21H24N2O3. The van der Waals surface area contributed by atoms with Gasteiger partial charge in [0.1, 0.15) is 11.5 Å². The zero-order chi connectivity index (χ0) is 18.1. The van der Waals surface area contributed by atoms with Crippen LogP contribution >= 0.6 is 0 Å². The molecule has 0 radical (unpaired) electrons. The molecule has 0 amide bonds. The summed E-state index contributed by atoms with van der Waals surface area (Å²) in [6, 6.07) is 12.1. The summed E-state index contributed by atoms with van der Waals surface area (Å²) in [7, 11) is 1.68. The number of rotatable bonds is 4. The van der Waals surface area contributed by atoms with Gasteiger partial charge in [-0.25, -0.2) is 4.98 Å². The van der Waals surface area contributed by atoms with Crippen molar-refractivity contribution < 1.29 is 14.3 Å². The third-order valence-electron chi connectivity index (χ3n) is 5.08. The van der Waals surface area contributed by atoms with E-state index in [0.717, 1.165) is 52.9 Å². The van der Waals surface area contributed by atoms with Crippen LogP contribution < -0.4 is 4.74 Å². The van der Waals surface area contributed by atoms with Crippen LogP contribution in [0.2, 0.25) is 0 Å². The fraction of sp³-hybridized carbons (Fsp3) is 0.381. The van der Waals surface area contributed by atoms with Crippen LogP contribution in [0.3, 0.4) is 0 Å². The Morgan fingerprint density at radius 3 is 2.81 bits per heavy atom. The van der Waals surface area contributed by atoms with E-state index in [0.29, 0.717) is 19.0 Å². The van der Waals surface area contributed by atoms with E-state index < -0.39 is 0 Å². The molecule has 2 heterocycles. The van der Waals surface area contributed by atoms with Gasteiger partial charge in [-0.15, -0.1) is 0 Å². The van der Waals surface area contributed by atoms with Crippen LogP contribution in [-0.2, 0) is 6.54 Å². The zero-order valence-electron chi connectivity index (χ0n) is 15.2. The summed E-state index contributed by atoms with van der Waals surface area (Å²) in [4.78, 5) is 7.02. The van der Waals surface area contributed by atoms with Crippen LogP contribution in [0.25, 0.3) is 22.2 Å². The number of nitrogens with zero attached hydrogens (tertiary/aromatic N) is 2. The summed E-state index contributed by atoms with van der Waals surface area (Å²) in [5, 5.41) is 12.0. The Morgan fingerprint density at radius 1 is 1.23 bits per heavy atom. The summed E-state index contributed by atoms with van der Waals surface area (Å²) < 4.78 is 11.5. The Morgan fingerprint density at radius 2 is 2.04 bits per heavy atom. The minimum absolute atomic E-state index is 0.235. The topological polar surface area (TPSA) is 58.7 Å². The number of oxazole rings is 1. The molecule has 1 saturated heterocycles. The van der Waals surface area contributed by atoms with Gasteiger partial charge in [0.2, 0.25) is 5.89 Å². The number of benzene rings is 2. The van der Waals surface area contributed by atoms with Crippen molar-refractivity contribution in [3.63, 3.8) is 0 Å². The number of piperidine rings is 1. The number of ether oxygens (including phenoxy) is 1. The molecule has 0 aliphatic carbocycles. The van der Waals surface area contributed by atoms with E-state index in [2.05, 4.69) is 11.0 Å². The largest absolute Gasteiger partial charge is 0.496 e. The average Bonchev–Trinajstić information content (AvgIpc) is 3.01. The van der Waals surface area contributed by atoms with Gasteiger partial charge < -0.3 is 14.3 Å². The van der Waals surface area contributed by atoms with Crippen LogP contribution in [0.4, 0.5) is 0 Å². The molecule has 4 rings (SSSR count). The maximum absolute atomic E-state index is 9.88. The Kier molecular flexibility index (Phi) is 4.66. The molecule has 1 N–H and O–H groups in total. The third kappa shape index (κ3) is 3.20. The second kappa shape index (κ2) is 7.09. The predicted molar refractivity (Wildman–Crippen MR) is 101 cm³/mol. The number of fused-ring (bicyclic) bond motifs is 1. The molecular weight excluding hydrogens is 328 g/mol. The smallest absolute Gasteiger partial charge is 0.227 e. The van der Waals surface area contributed by atoms with Crippen LogP contribution in [0, 0.1) is 6.92 Å². The first-order valence-electron chi connectivity index (χ1n) is 9.08. The lowest BCUT2D eigenvalue weighted by Gasteiger charge is -2.29. The number of aliphatic hydroxyl groups is 1. The Hall–Kier alpha value is -2.37. The molecule has 3 aromatic rings. The lowest BCUT2D eigenvalue weighted by Crippen LogP contribution is -2.37. The minimum Gasteiger partial charge on any atom is -0.496 e. The second-order valence-electron chi connectivity index (χ2n) is 6.91. The number of β-amino-alcohol motifs (C(OH)–C–C–N with tert-alkyl or cyclic N) is 1. The molecule has 1 fully saturated rings. The van der Waals surface area contributed by atoms with Gasteiger partial charge in [-0.05, 0) is 43.8 Å². The highest BCUT2D eigenvalue weighted by Gasteiger charge is 2.21. The summed E-state index contributed by atoms with van der Waals surface area (Å²) in [5.41, 5.74) is 1.91. The standard InChI is InChI=1S/C21H24N2O3/c1-14-19(13-23-11-5-6-15(24)12-23)22-21(26-14)18-9-10-20(25-2)17-8-4-3-7-16(17)18/h3-4,7-10,15,24H,5-6,11-13H2,1-2H3. The van der Waals surface area contributed by atoms with Gasteiger partial charge in [-0.2, -0.15) is 0 Å². The molecule has 136 valence electrons. The van der Waals surface area contributed by atoms with E-state index in [4.69, 9.17) is 14.1 Å². The number of methoxy groups -OCH3 is 1. The Bertz CT molecular complexity index is 919. The highest BCUT2D eigenvalue weighted by molar-refractivity contribution is 5.98. The number of aliphatic hydroxyl groups excluding tert-OH is 1. The van der Waals surface area contributed by atoms with Crippen molar-refractivity contribution in [2.45, 2.75) is 32.4 Å². The van der Waals surface area contributed by atoms with Crippen molar-refractivity contribution in [3.8, 4) is 17.2 Å². The van der Waals surface area contributed by atoms with Crippen molar-refractivity contribution in [2.24, 2.45) is 0 Å². The van der Waals surface area contributed by atoms with Gasteiger partial charge in [-0.1, -0.05) is 24.3 Å². The van der Waals surface area contributed by atoms with Crippen molar-refractivity contribution in [2.75, 3.05) is 20.2 Å². The number of hydrogen-bond donors (Lipinski definition) is 1. The first kappa shape index (κ1) is 17.1.